The lowest BCUT2D eigenvalue weighted by Gasteiger charge is -1.96. The van der Waals surface area contributed by atoms with Crippen LogP contribution in [-0.4, -0.2) is 11.1 Å². The number of carbonyl (C=O) groups is 1. The van der Waals surface area contributed by atoms with Crippen LogP contribution in [0.2, 0.25) is 0 Å². The van der Waals surface area contributed by atoms with Crippen LogP contribution in [0.1, 0.15) is 84.0 Å². The summed E-state index contributed by atoms with van der Waals surface area (Å²) >= 11 is 0. The molecule has 0 amide bonds. The fraction of sp³-hybridized carbons (Fsp3) is 0.650. The zero-order valence-corrected chi connectivity index (χ0v) is 13.8. The monoisotopic (exact) mass is 300 g/mol. The molecule has 0 aliphatic heterocycles. The van der Waals surface area contributed by atoms with Gasteiger partial charge in [-0.3, -0.25) is 4.79 Å². The van der Waals surface area contributed by atoms with E-state index in [0.717, 1.165) is 25.7 Å². The van der Waals surface area contributed by atoms with Gasteiger partial charge in [0, 0.05) is 25.7 Å². The van der Waals surface area contributed by atoms with Crippen LogP contribution in [0, 0.1) is 35.5 Å². The number of unbranched alkanes of at least 4 members (excludes halogenated alkanes) is 8. The van der Waals surface area contributed by atoms with Crippen LogP contribution >= 0.6 is 0 Å². The van der Waals surface area contributed by atoms with Crippen molar-refractivity contribution in [2.45, 2.75) is 84.0 Å². The Morgan fingerprint density at radius 1 is 0.727 bits per heavy atom. The predicted molar refractivity (Wildman–Crippen MR) is 92.0 cm³/mol. The van der Waals surface area contributed by atoms with Crippen LogP contribution in [0.3, 0.4) is 0 Å². The van der Waals surface area contributed by atoms with Gasteiger partial charge in [-0.15, -0.1) is 11.8 Å². The molecule has 22 heavy (non-hydrogen) atoms. The Balaban J connectivity index is 3.39. The SMILES string of the molecule is CCCCCCCCC#CCCCC#CC#CCCC(=O)O. The Kier molecular flexibility index (Phi) is 15.8. The number of aliphatic carboxylic acids is 1. The molecule has 0 heterocycles. The molecule has 0 rings (SSSR count). The van der Waals surface area contributed by atoms with Gasteiger partial charge >= 0.3 is 5.97 Å². The summed E-state index contributed by atoms with van der Waals surface area (Å²) in [5.41, 5.74) is 0. The molecular weight excluding hydrogens is 272 g/mol. The summed E-state index contributed by atoms with van der Waals surface area (Å²) in [5.74, 6) is 16.7. The highest BCUT2D eigenvalue weighted by atomic mass is 16.4. The van der Waals surface area contributed by atoms with Crippen molar-refractivity contribution in [3.63, 3.8) is 0 Å². The average Bonchev–Trinajstić information content (AvgIpc) is 2.50. The highest BCUT2D eigenvalue weighted by Crippen LogP contribution is 2.06. The van der Waals surface area contributed by atoms with Gasteiger partial charge in [0.2, 0.25) is 0 Å². The Hall–Kier alpha value is -1.85. The first-order chi connectivity index (χ1) is 10.8. The molecule has 0 bridgehead atoms. The average molecular weight is 300 g/mol. The minimum atomic E-state index is -0.818. The maximum absolute atomic E-state index is 10.2. The van der Waals surface area contributed by atoms with Crippen molar-refractivity contribution in [1.82, 2.24) is 0 Å². The summed E-state index contributed by atoms with van der Waals surface area (Å²) in [5, 5.41) is 8.42. The maximum Gasteiger partial charge on any atom is 0.304 e. The van der Waals surface area contributed by atoms with Crippen molar-refractivity contribution in [2.75, 3.05) is 0 Å². The van der Waals surface area contributed by atoms with Crippen molar-refractivity contribution < 1.29 is 9.90 Å². The van der Waals surface area contributed by atoms with E-state index in [1.165, 1.54) is 38.5 Å². The third-order valence-electron chi connectivity index (χ3n) is 3.09. The second-order valence-electron chi connectivity index (χ2n) is 5.22. The number of hydrogen-bond acceptors (Lipinski definition) is 1. The van der Waals surface area contributed by atoms with E-state index in [9.17, 15) is 4.79 Å². The zero-order valence-electron chi connectivity index (χ0n) is 13.8. The third kappa shape index (κ3) is 18.1. The molecule has 120 valence electrons. The second-order valence-corrected chi connectivity index (χ2v) is 5.22. The molecule has 2 nitrogen and oxygen atoms in total. The Labute approximate surface area is 136 Å². The van der Waals surface area contributed by atoms with Crippen molar-refractivity contribution in [3.8, 4) is 35.5 Å². The molecule has 0 unspecified atom stereocenters. The quantitative estimate of drug-likeness (QED) is 0.465. The molecule has 0 aromatic heterocycles. The Morgan fingerprint density at radius 2 is 1.27 bits per heavy atom. The van der Waals surface area contributed by atoms with E-state index in [1.54, 1.807) is 0 Å². The van der Waals surface area contributed by atoms with Crippen LogP contribution in [-0.2, 0) is 4.79 Å². The van der Waals surface area contributed by atoms with E-state index in [1.807, 2.05) is 0 Å². The van der Waals surface area contributed by atoms with Crippen molar-refractivity contribution in [1.29, 1.82) is 0 Å². The molecule has 0 radical (unpaired) electrons. The van der Waals surface area contributed by atoms with E-state index in [0.29, 0.717) is 6.42 Å². The Morgan fingerprint density at radius 3 is 1.95 bits per heavy atom. The minimum absolute atomic E-state index is 0.0862. The lowest BCUT2D eigenvalue weighted by Crippen LogP contribution is -1.91. The van der Waals surface area contributed by atoms with Gasteiger partial charge < -0.3 is 5.11 Å². The molecular formula is C20H28O2. The van der Waals surface area contributed by atoms with Gasteiger partial charge in [0.15, 0.2) is 0 Å². The van der Waals surface area contributed by atoms with Crippen molar-refractivity contribution >= 4 is 5.97 Å². The molecule has 0 aromatic carbocycles. The van der Waals surface area contributed by atoms with Gasteiger partial charge in [-0.2, -0.15) is 0 Å². The van der Waals surface area contributed by atoms with Crippen LogP contribution in [0.25, 0.3) is 0 Å². The summed E-state index contributed by atoms with van der Waals surface area (Å²) in [4.78, 5) is 10.2. The molecule has 1 N–H and O–H groups in total. The topological polar surface area (TPSA) is 37.3 Å². The predicted octanol–water partition coefficient (Wildman–Crippen LogP) is 4.78. The van der Waals surface area contributed by atoms with Gasteiger partial charge in [0.25, 0.3) is 0 Å². The summed E-state index contributed by atoms with van der Waals surface area (Å²) in [6.45, 7) is 2.24. The first-order valence-corrected chi connectivity index (χ1v) is 8.40. The molecule has 0 spiro atoms. The molecule has 0 atom stereocenters. The highest BCUT2D eigenvalue weighted by Gasteiger charge is 1.90. The highest BCUT2D eigenvalue weighted by molar-refractivity contribution is 5.67. The fourth-order valence-electron chi connectivity index (χ4n) is 1.82. The van der Waals surface area contributed by atoms with E-state index >= 15 is 0 Å². The number of hydrogen-bond donors (Lipinski definition) is 1. The number of carboxylic acid groups (broad SMARTS) is 1. The first kappa shape index (κ1) is 20.1. The van der Waals surface area contributed by atoms with Crippen molar-refractivity contribution in [2.24, 2.45) is 0 Å². The van der Waals surface area contributed by atoms with Gasteiger partial charge in [-0.25, -0.2) is 0 Å². The van der Waals surface area contributed by atoms with E-state index < -0.39 is 5.97 Å². The summed E-state index contributed by atoms with van der Waals surface area (Å²) in [6.07, 6.45) is 12.1. The largest absolute Gasteiger partial charge is 0.481 e. The van der Waals surface area contributed by atoms with Gasteiger partial charge in [0.05, 0.1) is 6.42 Å². The van der Waals surface area contributed by atoms with Crippen LogP contribution in [0.5, 0.6) is 0 Å². The first-order valence-electron chi connectivity index (χ1n) is 8.40. The zero-order chi connectivity index (χ0) is 16.3. The standard InChI is InChI=1S/C20H28O2/c1-2-3-4-5-6-7-8-9-10-11-12-13-14-15-16-17-18-19-20(21)22/h2-8,11-13,18-19H2,1H3,(H,21,22). The third-order valence-corrected chi connectivity index (χ3v) is 3.09. The molecule has 2 heteroatoms. The van der Waals surface area contributed by atoms with Gasteiger partial charge in [0.1, 0.15) is 0 Å². The molecule has 0 saturated carbocycles. The molecule has 0 saturated heterocycles. The summed E-state index contributed by atoms with van der Waals surface area (Å²) < 4.78 is 0. The Bertz CT molecular complexity index is 457. The molecule has 0 aliphatic rings. The number of rotatable bonds is 10. The van der Waals surface area contributed by atoms with Crippen molar-refractivity contribution in [3.05, 3.63) is 0 Å². The lowest BCUT2D eigenvalue weighted by molar-refractivity contribution is -0.136. The summed E-state index contributed by atoms with van der Waals surface area (Å²) in [7, 11) is 0. The summed E-state index contributed by atoms with van der Waals surface area (Å²) in [6, 6.07) is 0. The van der Waals surface area contributed by atoms with Crippen LogP contribution < -0.4 is 0 Å². The van der Waals surface area contributed by atoms with Crippen LogP contribution in [0.4, 0.5) is 0 Å². The maximum atomic E-state index is 10.2. The molecule has 0 aromatic rings. The molecule has 0 fully saturated rings. The minimum Gasteiger partial charge on any atom is -0.481 e. The van der Waals surface area contributed by atoms with Crippen LogP contribution in [0.15, 0.2) is 0 Å². The van der Waals surface area contributed by atoms with E-state index in [-0.39, 0.29) is 6.42 Å². The van der Waals surface area contributed by atoms with Gasteiger partial charge in [-0.05, 0) is 24.7 Å². The lowest BCUT2D eigenvalue weighted by atomic mass is 10.1. The second kappa shape index (κ2) is 17.2. The number of carboxylic acids is 1. The van der Waals surface area contributed by atoms with E-state index in [4.69, 9.17) is 5.11 Å². The smallest absolute Gasteiger partial charge is 0.304 e. The van der Waals surface area contributed by atoms with E-state index in [2.05, 4.69) is 42.4 Å². The molecule has 0 aliphatic carbocycles. The fourth-order valence-corrected chi connectivity index (χ4v) is 1.82. The van der Waals surface area contributed by atoms with Gasteiger partial charge in [-0.1, -0.05) is 50.9 Å². The normalized spacial score (nSPS) is 8.77.